The van der Waals surface area contributed by atoms with Crippen LogP contribution in [0.1, 0.15) is 30.1 Å². The van der Waals surface area contributed by atoms with Gasteiger partial charge in [0.05, 0.1) is 5.69 Å². The van der Waals surface area contributed by atoms with Crippen LogP contribution in [0.2, 0.25) is 0 Å². The van der Waals surface area contributed by atoms with Crippen LogP contribution in [0.25, 0.3) is 0 Å². The third-order valence-electron chi connectivity index (χ3n) is 3.05. The number of nitrogens with zero attached hydrogens (tertiary/aromatic N) is 3. The molecule has 0 bridgehead atoms. The zero-order valence-corrected chi connectivity index (χ0v) is 9.90. The Balaban J connectivity index is 2.21. The van der Waals surface area contributed by atoms with E-state index >= 15 is 0 Å². The number of aromatic nitrogens is 2. The summed E-state index contributed by atoms with van der Waals surface area (Å²) in [6.07, 6.45) is 2.43. The molecule has 1 aliphatic heterocycles. The molecule has 1 aromatic heterocycles. The van der Waals surface area contributed by atoms with Crippen molar-refractivity contribution in [2.45, 2.75) is 25.7 Å². The Bertz CT molecular complexity index is 365. The molecule has 0 amide bonds. The maximum atomic E-state index is 5.36. The van der Waals surface area contributed by atoms with Crippen molar-refractivity contribution in [2.24, 2.45) is 5.84 Å². The van der Waals surface area contributed by atoms with E-state index in [1.165, 1.54) is 19.4 Å². The number of nitrogens with two attached hydrogens (primary N) is 1. The number of piperidine rings is 1. The van der Waals surface area contributed by atoms with Crippen LogP contribution in [0.3, 0.4) is 0 Å². The van der Waals surface area contributed by atoms with Crippen molar-refractivity contribution >= 4 is 5.95 Å². The summed E-state index contributed by atoms with van der Waals surface area (Å²) in [5.41, 5.74) is 4.59. The van der Waals surface area contributed by atoms with Gasteiger partial charge >= 0.3 is 0 Å². The van der Waals surface area contributed by atoms with Crippen LogP contribution in [0.5, 0.6) is 0 Å². The third-order valence-corrected chi connectivity index (χ3v) is 3.05. The van der Waals surface area contributed by atoms with E-state index in [0.717, 1.165) is 17.9 Å². The standard InChI is InChI=1S/C11H19N5/c1-8-6-10(14-11(13-8)15-12)9-4-3-5-16(2)7-9/h6,9H,3-5,7,12H2,1-2H3,(H,13,14,15). The maximum absolute atomic E-state index is 5.36. The van der Waals surface area contributed by atoms with Crippen LogP contribution in [0.15, 0.2) is 6.07 Å². The molecule has 2 heterocycles. The van der Waals surface area contributed by atoms with Crippen LogP contribution in [0.4, 0.5) is 5.95 Å². The predicted molar refractivity (Wildman–Crippen MR) is 64.1 cm³/mol. The summed E-state index contributed by atoms with van der Waals surface area (Å²) in [4.78, 5) is 11.0. The largest absolute Gasteiger partial charge is 0.306 e. The Morgan fingerprint density at radius 2 is 2.31 bits per heavy atom. The Morgan fingerprint density at radius 3 is 3.00 bits per heavy atom. The molecule has 5 nitrogen and oxygen atoms in total. The fourth-order valence-corrected chi connectivity index (χ4v) is 2.27. The molecular formula is C11H19N5. The van der Waals surface area contributed by atoms with Gasteiger partial charge in [-0.3, -0.25) is 5.43 Å². The average Bonchev–Trinajstić information content (AvgIpc) is 2.28. The summed E-state index contributed by atoms with van der Waals surface area (Å²) < 4.78 is 0. The molecule has 0 saturated carbocycles. The van der Waals surface area contributed by atoms with Gasteiger partial charge in [-0.05, 0) is 39.4 Å². The molecule has 2 rings (SSSR count). The lowest BCUT2D eigenvalue weighted by atomic mass is 9.94. The van der Waals surface area contributed by atoms with Crippen LogP contribution < -0.4 is 11.3 Å². The second kappa shape index (κ2) is 4.76. The fourth-order valence-electron chi connectivity index (χ4n) is 2.27. The monoisotopic (exact) mass is 221 g/mol. The highest BCUT2D eigenvalue weighted by Crippen LogP contribution is 2.25. The van der Waals surface area contributed by atoms with Crippen molar-refractivity contribution in [3.63, 3.8) is 0 Å². The van der Waals surface area contributed by atoms with E-state index in [9.17, 15) is 0 Å². The summed E-state index contributed by atoms with van der Waals surface area (Å²) in [6.45, 7) is 4.22. The predicted octanol–water partition coefficient (Wildman–Crippen LogP) is 0.880. The van der Waals surface area contributed by atoms with Gasteiger partial charge in [-0.1, -0.05) is 0 Å². The topological polar surface area (TPSA) is 67.1 Å². The van der Waals surface area contributed by atoms with Crippen molar-refractivity contribution in [3.8, 4) is 0 Å². The second-order valence-corrected chi connectivity index (χ2v) is 4.50. The summed E-state index contributed by atoms with van der Waals surface area (Å²) in [7, 11) is 2.16. The Hall–Kier alpha value is -1.20. The van der Waals surface area contributed by atoms with E-state index in [1.54, 1.807) is 0 Å². The molecule has 1 saturated heterocycles. The van der Waals surface area contributed by atoms with Crippen molar-refractivity contribution in [1.29, 1.82) is 0 Å². The number of aryl methyl sites for hydroxylation is 1. The minimum Gasteiger partial charge on any atom is -0.306 e. The summed E-state index contributed by atoms with van der Waals surface area (Å²) in [6, 6.07) is 2.06. The number of rotatable bonds is 2. The number of likely N-dealkylation sites (tertiary alicyclic amines) is 1. The lowest BCUT2D eigenvalue weighted by molar-refractivity contribution is 0.248. The summed E-state index contributed by atoms with van der Waals surface area (Å²) in [5, 5.41) is 0. The van der Waals surface area contributed by atoms with Gasteiger partial charge in [-0.25, -0.2) is 15.8 Å². The normalized spacial score (nSPS) is 22.1. The van der Waals surface area contributed by atoms with Gasteiger partial charge in [-0.2, -0.15) is 0 Å². The number of nitrogen functional groups attached to an aromatic ring is 1. The molecule has 0 aliphatic carbocycles. The molecule has 5 heteroatoms. The van der Waals surface area contributed by atoms with Crippen molar-refractivity contribution in [2.75, 3.05) is 25.6 Å². The van der Waals surface area contributed by atoms with Crippen molar-refractivity contribution in [3.05, 3.63) is 17.5 Å². The van der Waals surface area contributed by atoms with E-state index in [1.807, 2.05) is 6.92 Å². The van der Waals surface area contributed by atoms with E-state index < -0.39 is 0 Å². The molecular weight excluding hydrogens is 202 g/mol. The van der Waals surface area contributed by atoms with Gasteiger partial charge in [0, 0.05) is 18.2 Å². The zero-order valence-electron chi connectivity index (χ0n) is 9.90. The number of anilines is 1. The third kappa shape index (κ3) is 2.48. The molecule has 1 aromatic rings. The Morgan fingerprint density at radius 1 is 1.50 bits per heavy atom. The highest BCUT2D eigenvalue weighted by atomic mass is 15.3. The van der Waals surface area contributed by atoms with Gasteiger partial charge in [0.1, 0.15) is 0 Å². The van der Waals surface area contributed by atoms with Gasteiger partial charge in [-0.15, -0.1) is 0 Å². The van der Waals surface area contributed by atoms with E-state index in [-0.39, 0.29) is 0 Å². The minimum atomic E-state index is 0.507. The molecule has 0 radical (unpaired) electrons. The van der Waals surface area contributed by atoms with Crippen LogP contribution in [-0.2, 0) is 0 Å². The van der Waals surface area contributed by atoms with Crippen LogP contribution >= 0.6 is 0 Å². The van der Waals surface area contributed by atoms with E-state index in [2.05, 4.69) is 33.4 Å². The lowest BCUT2D eigenvalue weighted by Crippen LogP contribution is -2.31. The first-order valence-electron chi connectivity index (χ1n) is 5.70. The van der Waals surface area contributed by atoms with Crippen LogP contribution in [-0.4, -0.2) is 35.0 Å². The quantitative estimate of drug-likeness (QED) is 0.573. The molecule has 3 N–H and O–H groups in total. The second-order valence-electron chi connectivity index (χ2n) is 4.50. The molecule has 0 spiro atoms. The SMILES string of the molecule is Cc1cc(C2CCCN(C)C2)nc(NN)n1. The zero-order chi connectivity index (χ0) is 11.5. The minimum absolute atomic E-state index is 0.507. The van der Waals surface area contributed by atoms with Gasteiger partial charge in [0.15, 0.2) is 0 Å². The average molecular weight is 221 g/mol. The van der Waals surface area contributed by atoms with Crippen molar-refractivity contribution < 1.29 is 0 Å². The molecule has 88 valence electrons. The van der Waals surface area contributed by atoms with E-state index in [0.29, 0.717) is 11.9 Å². The van der Waals surface area contributed by atoms with Crippen molar-refractivity contribution in [1.82, 2.24) is 14.9 Å². The number of nitrogens with one attached hydrogen (secondary N) is 1. The highest BCUT2D eigenvalue weighted by molar-refractivity contribution is 5.28. The van der Waals surface area contributed by atoms with Crippen LogP contribution in [0, 0.1) is 6.92 Å². The number of likely N-dealkylation sites (N-methyl/N-ethyl adjacent to an activating group) is 1. The first-order valence-corrected chi connectivity index (χ1v) is 5.70. The lowest BCUT2D eigenvalue weighted by Gasteiger charge is -2.29. The summed E-state index contributed by atoms with van der Waals surface area (Å²) in [5.74, 6) is 6.38. The molecule has 1 aliphatic rings. The Kier molecular flexibility index (Phi) is 3.36. The smallest absolute Gasteiger partial charge is 0.237 e. The first kappa shape index (κ1) is 11.3. The van der Waals surface area contributed by atoms with Gasteiger partial charge in [0.25, 0.3) is 0 Å². The molecule has 16 heavy (non-hydrogen) atoms. The fraction of sp³-hybridized carbons (Fsp3) is 0.636. The summed E-state index contributed by atoms with van der Waals surface area (Å²) >= 11 is 0. The molecule has 1 unspecified atom stereocenters. The maximum Gasteiger partial charge on any atom is 0.237 e. The molecule has 1 atom stereocenters. The number of hydrazine groups is 1. The molecule has 1 fully saturated rings. The van der Waals surface area contributed by atoms with E-state index in [4.69, 9.17) is 5.84 Å². The molecule has 0 aromatic carbocycles. The number of hydrogen-bond acceptors (Lipinski definition) is 5. The number of hydrogen-bond donors (Lipinski definition) is 2. The van der Waals surface area contributed by atoms with Gasteiger partial charge < -0.3 is 4.90 Å². The highest BCUT2D eigenvalue weighted by Gasteiger charge is 2.20. The first-order chi connectivity index (χ1) is 7.69. The van der Waals surface area contributed by atoms with Gasteiger partial charge in [0.2, 0.25) is 5.95 Å². The Labute approximate surface area is 96.0 Å².